The number of carboxylic acids is 1. The van der Waals surface area contributed by atoms with Crippen molar-refractivity contribution in [3.05, 3.63) is 0 Å². The molecule has 0 aromatic rings. The summed E-state index contributed by atoms with van der Waals surface area (Å²) in [5.41, 5.74) is 4.16. The van der Waals surface area contributed by atoms with Gasteiger partial charge in [-0.3, -0.25) is 9.59 Å². The number of likely N-dealkylation sites (tertiary alicyclic amines) is 1. The van der Waals surface area contributed by atoms with Crippen molar-refractivity contribution < 1.29 is 19.5 Å². The Balaban J connectivity index is 2.72. The van der Waals surface area contributed by atoms with Crippen molar-refractivity contribution in [2.45, 2.75) is 33.2 Å². The summed E-state index contributed by atoms with van der Waals surface area (Å²) in [6.07, 6.45) is 0.415. The second-order valence-electron chi connectivity index (χ2n) is 5.36. The minimum Gasteiger partial charge on any atom is -0.481 e. The van der Waals surface area contributed by atoms with Gasteiger partial charge in [0.1, 0.15) is 6.04 Å². The average molecular weight is 271 g/mol. The number of aliphatic carboxylic acids is 1. The molecule has 19 heavy (non-hydrogen) atoms. The van der Waals surface area contributed by atoms with E-state index in [4.69, 9.17) is 5.73 Å². The van der Waals surface area contributed by atoms with Crippen molar-refractivity contribution in [2.24, 2.45) is 17.1 Å². The van der Waals surface area contributed by atoms with E-state index in [0.717, 1.165) is 0 Å². The van der Waals surface area contributed by atoms with Gasteiger partial charge in [0.05, 0.1) is 5.41 Å². The van der Waals surface area contributed by atoms with Gasteiger partial charge in [0.25, 0.3) is 0 Å². The molecule has 4 N–H and O–H groups in total. The number of primary amides is 1. The molecule has 0 radical (unpaired) electrons. The minimum atomic E-state index is -0.909. The van der Waals surface area contributed by atoms with Crippen LogP contribution in [0.15, 0.2) is 0 Å². The molecule has 2 unspecified atom stereocenters. The molecule has 0 spiro atoms. The average Bonchev–Trinajstić information content (AvgIpc) is 2.74. The quantitative estimate of drug-likeness (QED) is 0.668. The number of amides is 3. The molecule has 1 aliphatic rings. The smallest absolute Gasteiger partial charge is 0.318 e. The number of nitrogens with two attached hydrogens (primary N) is 1. The van der Waals surface area contributed by atoms with Crippen molar-refractivity contribution in [1.29, 1.82) is 0 Å². The van der Waals surface area contributed by atoms with Crippen molar-refractivity contribution in [3.8, 4) is 0 Å². The zero-order valence-electron chi connectivity index (χ0n) is 11.5. The molecular formula is C12H21N3O4. The van der Waals surface area contributed by atoms with Crippen LogP contribution < -0.4 is 11.1 Å². The van der Waals surface area contributed by atoms with E-state index in [9.17, 15) is 19.5 Å². The van der Waals surface area contributed by atoms with Crippen molar-refractivity contribution in [3.63, 3.8) is 0 Å². The zero-order valence-corrected chi connectivity index (χ0v) is 11.5. The fourth-order valence-electron chi connectivity index (χ4n) is 2.25. The molecule has 0 bridgehead atoms. The molecule has 3 amide bonds. The predicted molar refractivity (Wildman–Crippen MR) is 68.3 cm³/mol. The van der Waals surface area contributed by atoms with Gasteiger partial charge in [-0.25, -0.2) is 4.79 Å². The monoisotopic (exact) mass is 271 g/mol. The van der Waals surface area contributed by atoms with Crippen LogP contribution in [0.5, 0.6) is 0 Å². The fourth-order valence-corrected chi connectivity index (χ4v) is 2.25. The summed E-state index contributed by atoms with van der Waals surface area (Å²) in [7, 11) is 0. The molecule has 7 nitrogen and oxygen atoms in total. The zero-order chi connectivity index (χ0) is 14.8. The highest BCUT2D eigenvalue weighted by molar-refractivity contribution is 5.86. The summed E-state index contributed by atoms with van der Waals surface area (Å²) in [6, 6.07) is -1.22. The molecule has 0 aliphatic carbocycles. The van der Waals surface area contributed by atoms with E-state index >= 15 is 0 Å². The van der Waals surface area contributed by atoms with Gasteiger partial charge >= 0.3 is 12.0 Å². The van der Waals surface area contributed by atoms with Crippen LogP contribution in [-0.2, 0) is 9.59 Å². The van der Waals surface area contributed by atoms with Crippen LogP contribution in [-0.4, -0.2) is 47.0 Å². The highest BCUT2D eigenvalue weighted by atomic mass is 16.4. The Morgan fingerprint density at radius 1 is 1.32 bits per heavy atom. The third kappa shape index (κ3) is 2.97. The van der Waals surface area contributed by atoms with E-state index in [1.807, 2.05) is 13.8 Å². The first-order valence-electron chi connectivity index (χ1n) is 6.29. The highest BCUT2D eigenvalue weighted by Crippen LogP contribution is 2.38. The lowest BCUT2D eigenvalue weighted by Gasteiger charge is -2.28. The Morgan fingerprint density at radius 2 is 1.89 bits per heavy atom. The summed E-state index contributed by atoms with van der Waals surface area (Å²) in [5, 5.41) is 11.8. The van der Waals surface area contributed by atoms with Crippen molar-refractivity contribution in [1.82, 2.24) is 10.2 Å². The second-order valence-corrected chi connectivity index (χ2v) is 5.36. The molecule has 1 rings (SSSR count). The van der Waals surface area contributed by atoms with Gasteiger partial charge in [0, 0.05) is 13.1 Å². The molecule has 7 heteroatoms. The normalized spacial score (nSPS) is 24.3. The maximum atomic E-state index is 11.9. The maximum absolute atomic E-state index is 11.9. The van der Waals surface area contributed by atoms with Crippen molar-refractivity contribution >= 4 is 17.9 Å². The number of rotatable bonds is 4. The molecule has 0 aromatic heterocycles. The first-order valence-corrected chi connectivity index (χ1v) is 6.29. The van der Waals surface area contributed by atoms with Gasteiger partial charge in [0.2, 0.25) is 5.91 Å². The lowest BCUT2D eigenvalue weighted by Crippen LogP contribution is -2.49. The third-order valence-electron chi connectivity index (χ3n) is 3.89. The van der Waals surface area contributed by atoms with Crippen LogP contribution in [0.25, 0.3) is 0 Å². The molecule has 1 saturated heterocycles. The lowest BCUT2D eigenvalue weighted by molar-refractivity contribution is -0.150. The van der Waals surface area contributed by atoms with E-state index in [2.05, 4.69) is 5.32 Å². The summed E-state index contributed by atoms with van der Waals surface area (Å²) < 4.78 is 0. The number of hydrogen-bond acceptors (Lipinski definition) is 3. The van der Waals surface area contributed by atoms with E-state index in [0.29, 0.717) is 13.0 Å². The number of hydrogen-bond donors (Lipinski definition) is 3. The largest absolute Gasteiger partial charge is 0.481 e. The number of urea groups is 1. The van der Waals surface area contributed by atoms with Crippen LogP contribution in [0, 0.1) is 11.3 Å². The summed E-state index contributed by atoms with van der Waals surface area (Å²) in [6.45, 7) is 5.67. The summed E-state index contributed by atoms with van der Waals surface area (Å²) in [5.74, 6) is -1.59. The maximum Gasteiger partial charge on any atom is 0.318 e. The summed E-state index contributed by atoms with van der Waals surface area (Å²) in [4.78, 5) is 35.7. The number of carbonyl (C=O) groups is 3. The van der Waals surface area contributed by atoms with Gasteiger partial charge in [-0.2, -0.15) is 0 Å². The molecular weight excluding hydrogens is 250 g/mol. The van der Waals surface area contributed by atoms with E-state index in [1.54, 1.807) is 0 Å². The third-order valence-corrected chi connectivity index (χ3v) is 3.89. The molecule has 1 aliphatic heterocycles. The Bertz CT molecular complexity index is 396. The van der Waals surface area contributed by atoms with Gasteiger partial charge in [-0.15, -0.1) is 0 Å². The molecule has 2 atom stereocenters. The first-order chi connectivity index (χ1) is 8.70. The summed E-state index contributed by atoms with van der Waals surface area (Å²) >= 11 is 0. The Kier molecular flexibility index (Phi) is 4.39. The minimum absolute atomic E-state index is 0.0728. The topological polar surface area (TPSA) is 113 Å². The molecule has 1 fully saturated rings. The van der Waals surface area contributed by atoms with Crippen LogP contribution in [0.2, 0.25) is 0 Å². The molecule has 108 valence electrons. The standard InChI is InChI=1S/C12H21N3O4/c1-7(2)12(10(17)18)4-5-15(6-12)11(19)14-8(3)9(13)16/h7-8H,4-6H2,1-3H3,(H2,13,16)(H,14,19)(H,17,18). The number of carbonyl (C=O) groups excluding carboxylic acids is 2. The van der Waals surface area contributed by atoms with Crippen molar-refractivity contribution in [2.75, 3.05) is 13.1 Å². The first kappa shape index (κ1) is 15.3. The Morgan fingerprint density at radius 3 is 2.26 bits per heavy atom. The number of carboxylic acid groups (broad SMARTS) is 1. The van der Waals surface area contributed by atoms with Gasteiger partial charge in [0.15, 0.2) is 0 Å². The molecule has 1 heterocycles. The molecule has 0 saturated carbocycles. The van der Waals surface area contributed by atoms with Gasteiger partial charge < -0.3 is 21.1 Å². The van der Waals surface area contributed by atoms with Gasteiger partial charge in [-0.05, 0) is 19.3 Å². The second kappa shape index (κ2) is 5.46. The highest BCUT2D eigenvalue weighted by Gasteiger charge is 2.48. The number of nitrogens with one attached hydrogen (secondary N) is 1. The van der Waals surface area contributed by atoms with Crippen LogP contribution in [0.3, 0.4) is 0 Å². The van der Waals surface area contributed by atoms with Crippen LogP contribution >= 0.6 is 0 Å². The van der Waals surface area contributed by atoms with E-state index in [-0.39, 0.29) is 12.5 Å². The van der Waals surface area contributed by atoms with Crippen LogP contribution in [0.4, 0.5) is 4.79 Å². The fraction of sp³-hybridized carbons (Fsp3) is 0.750. The molecule has 0 aromatic carbocycles. The van der Waals surface area contributed by atoms with Crippen LogP contribution in [0.1, 0.15) is 27.2 Å². The van der Waals surface area contributed by atoms with Gasteiger partial charge in [-0.1, -0.05) is 13.8 Å². The SMILES string of the molecule is CC(NC(=O)N1CCC(C(=O)O)(C(C)C)C1)C(N)=O. The van der Waals surface area contributed by atoms with E-state index in [1.165, 1.54) is 11.8 Å². The Hall–Kier alpha value is -1.79. The van der Waals surface area contributed by atoms with E-state index < -0.39 is 29.4 Å². The predicted octanol–water partition coefficient (Wildman–Crippen LogP) is 0.00250. The number of nitrogens with zero attached hydrogens (tertiary/aromatic N) is 1. The lowest BCUT2D eigenvalue weighted by atomic mass is 9.76. The Labute approximate surface area is 112 Å².